The first-order valence-electron chi connectivity index (χ1n) is 11.5. The van der Waals surface area contributed by atoms with Crippen LogP contribution in [0.1, 0.15) is 54.8 Å². The number of aryl methyl sites for hydroxylation is 2. The largest absolute Gasteiger partial charge is 0.507 e. The highest BCUT2D eigenvalue weighted by Crippen LogP contribution is 2.31. The van der Waals surface area contributed by atoms with Crippen molar-refractivity contribution >= 4 is 12.4 Å². The Labute approximate surface area is 211 Å². The number of phenols is 1. The fourth-order valence-corrected chi connectivity index (χ4v) is 3.07. The molecule has 1 heterocycles. The summed E-state index contributed by atoms with van der Waals surface area (Å²) in [5.74, 6) is -1.11. The van der Waals surface area contributed by atoms with Gasteiger partial charge < -0.3 is 10.4 Å². The molecule has 0 fully saturated rings. The van der Waals surface area contributed by atoms with Crippen LogP contribution in [0.15, 0.2) is 42.5 Å². The zero-order valence-corrected chi connectivity index (χ0v) is 21.3. The van der Waals surface area contributed by atoms with Crippen LogP contribution in [-0.2, 0) is 21.1 Å². The highest BCUT2D eigenvalue weighted by Gasteiger charge is 2.15. The second kappa shape index (κ2) is 15.7. The second-order valence-corrected chi connectivity index (χ2v) is 7.98. The summed E-state index contributed by atoms with van der Waals surface area (Å²) in [5.41, 5.74) is 6.53. The summed E-state index contributed by atoms with van der Waals surface area (Å²) in [6, 6.07) is 15.5. The molecule has 9 heteroatoms. The highest BCUT2D eigenvalue weighted by atomic mass is 19.3. The van der Waals surface area contributed by atoms with E-state index in [4.69, 9.17) is 5.26 Å². The molecule has 2 N–H and O–H groups in total. The first kappa shape index (κ1) is 29.8. The van der Waals surface area contributed by atoms with Gasteiger partial charge in [0.1, 0.15) is 18.4 Å². The molecule has 0 saturated heterocycles. The van der Waals surface area contributed by atoms with Crippen LogP contribution in [0.4, 0.5) is 4.53 Å². The zero-order chi connectivity index (χ0) is 27.1. The Kier molecular flexibility index (Phi) is 13.0. The van der Waals surface area contributed by atoms with Crippen LogP contribution < -0.4 is 5.32 Å². The summed E-state index contributed by atoms with van der Waals surface area (Å²) in [5, 5.41) is 25.5. The maximum absolute atomic E-state index is 10.7. The number of carbonyl (C=O) groups is 2. The van der Waals surface area contributed by atoms with E-state index in [9.17, 15) is 19.2 Å². The number of nitrogens with zero attached hydrogens (tertiary/aromatic N) is 3. The Balaban J connectivity index is 0.000000452. The summed E-state index contributed by atoms with van der Waals surface area (Å²) < 4.78 is 12.7. The zero-order valence-electron chi connectivity index (χ0n) is 21.3. The Morgan fingerprint density at radius 3 is 2.31 bits per heavy atom. The van der Waals surface area contributed by atoms with E-state index < -0.39 is 12.5 Å². The topological polar surface area (TPSA) is 117 Å². The fourth-order valence-electron chi connectivity index (χ4n) is 3.07. The van der Waals surface area contributed by atoms with Crippen molar-refractivity contribution in [2.24, 2.45) is 0 Å². The molecule has 0 radical (unpaired) electrons. The molecule has 0 saturated carbocycles. The Hall–Kier alpha value is -4.19. The smallest absolute Gasteiger partial charge is 0.367 e. The molecule has 8 nitrogen and oxygen atoms in total. The summed E-state index contributed by atoms with van der Waals surface area (Å²) in [4.78, 5) is 21.8. The molecule has 0 aliphatic carbocycles. The van der Waals surface area contributed by atoms with Gasteiger partial charge >= 0.3 is 5.97 Å². The minimum absolute atomic E-state index is 0.0000783. The molecular formula is C27H33FN4O4. The van der Waals surface area contributed by atoms with Crippen LogP contribution in [0.5, 0.6) is 5.75 Å². The van der Waals surface area contributed by atoms with E-state index in [1.165, 1.54) is 24.0 Å². The van der Waals surface area contributed by atoms with E-state index in [-0.39, 0.29) is 17.7 Å². The normalized spacial score (nSPS) is 9.58. The molecule has 2 aromatic carbocycles. The van der Waals surface area contributed by atoms with Crippen molar-refractivity contribution in [2.45, 2.75) is 54.0 Å². The SMILES string of the molecule is CCCC.Cc1ccc(Cn2nc(C)c(-c3ccc(C#N)c(O)c3)c2C)cc1.O=CNCC(=O)OF. The maximum atomic E-state index is 10.7. The number of aromatic nitrogens is 2. The van der Waals surface area contributed by atoms with E-state index in [2.05, 4.69) is 55.1 Å². The van der Waals surface area contributed by atoms with Crippen LogP contribution in [0.2, 0.25) is 0 Å². The molecule has 0 spiro atoms. The number of nitrogens with one attached hydrogen (secondary N) is 1. The molecule has 3 rings (SSSR count). The lowest BCUT2D eigenvalue weighted by Gasteiger charge is -2.07. The maximum Gasteiger partial charge on any atom is 0.367 e. The minimum Gasteiger partial charge on any atom is -0.507 e. The van der Waals surface area contributed by atoms with Crippen molar-refractivity contribution in [1.82, 2.24) is 15.1 Å². The lowest BCUT2D eigenvalue weighted by atomic mass is 10.0. The number of carbonyl (C=O) groups excluding carboxylic acids is 2. The third kappa shape index (κ3) is 9.22. The van der Waals surface area contributed by atoms with Gasteiger partial charge in [-0.1, -0.05) is 62.6 Å². The minimum atomic E-state index is -1.11. The first-order valence-corrected chi connectivity index (χ1v) is 11.5. The number of rotatable bonds is 7. The van der Waals surface area contributed by atoms with Gasteiger partial charge in [-0.3, -0.25) is 14.4 Å². The molecule has 3 aromatic rings. The monoisotopic (exact) mass is 496 g/mol. The Morgan fingerprint density at radius 2 is 1.81 bits per heavy atom. The number of unbranched alkanes of at least 4 members (excludes halogenated alkanes) is 1. The van der Waals surface area contributed by atoms with Crippen molar-refractivity contribution in [2.75, 3.05) is 6.54 Å². The van der Waals surface area contributed by atoms with Crippen LogP contribution >= 0.6 is 0 Å². The molecule has 1 amide bonds. The van der Waals surface area contributed by atoms with E-state index in [0.29, 0.717) is 6.54 Å². The average Bonchev–Trinajstić information content (AvgIpc) is 3.16. The molecule has 0 bridgehead atoms. The number of phenolic OH excluding ortho intramolecular Hbond substituents is 1. The van der Waals surface area contributed by atoms with Gasteiger partial charge in [-0.05, 0) is 44.0 Å². The van der Waals surface area contributed by atoms with Gasteiger partial charge in [-0.15, -0.1) is 0 Å². The van der Waals surface area contributed by atoms with Gasteiger partial charge in [0.15, 0.2) is 0 Å². The molecule has 192 valence electrons. The lowest BCUT2D eigenvalue weighted by molar-refractivity contribution is -0.182. The third-order valence-corrected chi connectivity index (χ3v) is 5.16. The van der Waals surface area contributed by atoms with Crippen LogP contribution in [0.25, 0.3) is 11.1 Å². The van der Waals surface area contributed by atoms with Gasteiger partial charge in [0.25, 0.3) is 0 Å². The number of halogens is 1. The highest BCUT2D eigenvalue weighted by molar-refractivity contribution is 5.73. The summed E-state index contributed by atoms with van der Waals surface area (Å²) in [6.07, 6.45) is 2.91. The Morgan fingerprint density at radius 1 is 1.17 bits per heavy atom. The molecule has 36 heavy (non-hydrogen) atoms. The number of aromatic hydroxyl groups is 1. The average molecular weight is 497 g/mol. The quantitative estimate of drug-likeness (QED) is 0.441. The molecule has 0 aliphatic rings. The summed E-state index contributed by atoms with van der Waals surface area (Å²) in [7, 11) is 0. The van der Waals surface area contributed by atoms with Crippen molar-refractivity contribution in [3.05, 3.63) is 70.5 Å². The molecule has 1 aromatic heterocycles. The van der Waals surface area contributed by atoms with E-state index in [1.807, 2.05) is 36.0 Å². The van der Waals surface area contributed by atoms with Gasteiger partial charge in [0.2, 0.25) is 6.41 Å². The molecular weight excluding hydrogens is 463 g/mol. The lowest BCUT2D eigenvalue weighted by Crippen LogP contribution is -2.21. The number of amides is 1. The van der Waals surface area contributed by atoms with E-state index in [0.717, 1.165) is 22.5 Å². The van der Waals surface area contributed by atoms with Crippen LogP contribution in [-0.4, -0.2) is 33.8 Å². The summed E-state index contributed by atoms with van der Waals surface area (Å²) >= 11 is 0. The van der Waals surface area contributed by atoms with Gasteiger partial charge in [-0.25, -0.2) is 4.79 Å². The second-order valence-electron chi connectivity index (χ2n) is 7.98. The number of hydrogen-bond donors (Lipinski definition) is 2. The number of nitriles is 1. The molecule has 0 atom stereocenters. The standard InChI is InChI=1S/C20H19N3O.C4H10.C3H4FNO3/c1-13-4-6-16(7-5-13)12-23-15(3)20(14(2)22-23)17-8-9-18(11-21)19(24)10-17;1-3-4-2;4-8-3(7)1-5-2-6/h4-10,24H,12H2,1-3H3;3-4H2,1-2H3;2H,1H2,(H,5,6). The Bertz CT molecular complexity index is 1170. The number of hydrogen-bond acceptors (Lipinski definition) is 6. The van der Waals surface area contributed by atoms with E-state index in [1.54, 1.807) is 12.1 Å². The first-order chi connectivity index (χ1) is 17.2. The van der Waals surface area contributed by atoms with Crippen molar-refractivity contribution in [1.29, 1.82) is 5.26 Å². The van der Waals surface area contributed by atoms with Crippen LogP contribution in [0.3, 0.4) is 0 Å². The number of benzene rings is 2. The van der Waals surface area contributed by atoms with Gasteiger partial charge in [0, 0.05) is 15.8 Å². The van der Waals surface area contributed by atoms with Crippen molar-refractivity contribution in [3.63, 3.8) is 0 Å². The third-order valence-electron chi connectivity index (χ3n) is 5.16. The molecule has 0 unspecified atom stereocenters. The van der Waals surface area contributed by atoms with Crippen molar-refractivity contribution in [3.8, 4) is 22.9 Å². The van der Waals surface area contributed by atoms with Gasteiger partial charge in [-0.2, -0.15) is 10.4 Å². The van der Waals surface area contributed by atoms with Crippen molar-refractivity contribution < 1.29 is 24.2 Å². The fraction of sp³-hybridized carbons (Fsp3) is 0.333. The molecule has 0 aliphatic heterocycles. The summed E-state index contributed by atoms with van der Waals surface area (Å²) in [6.45, 7) is 10.7. The van der Waals surface area contributed by atoms with E-state index >= 15 is 0 Å². The van der Waals surface area contributed by atoms with Gasteiger partial charge in [0.05, 0.1) is 17.8 Å². The predicted molar refractivity (Wildman–Crippen MR) is 136 cm³/mol. The predicted octanol–water partition coefficient (Wildman–Crippen LogP) is 5.07. The van der Waals surface area contributed by atoms with Crippen LogP contribution in [0, 0.1) is 32.1 Å².